The molecule has 4 nitrogen and oxygen atoms in total. The maximum absolute atomic E-state index is 12.7. The van der Waals surface area contributed by atoms with E-state index in [-0.39, 0.29) is 6.61 Å². The summed E-state index contributed by atoms with van der Waals surface area (Å²) in [7, 11) is 0. The Morgan fingerprint density at radius 3 is 2.38 bits per heavy atom. The number of thioether (sulfide) groups is 1. The predicted molar refractivity (Wildman–Crippen MR) is 118 cm³/mol. The molecule has 0 radical (unpaired) electrons. The van der Waals surface area contributed by atoms with Crippen LogP contribution in [0.1, 0.15) is 22.4 Å². The van der Waals surface area contributed by atoms with E-state index >= 15 is 0 Å². The van der Waals surface area contributed by atoms with Crippen molar-refractivity contribution in [1.82, 2.24) is 4.98 Å². The lowest BCUT2D eigenvalue weighted by Crippen LogP contribution is -2.10. The summed E-state index contributed by atoms with van der Waals surface area (Å²) in [4.78, 5) is 16.2. The summed E-state index contributed by atoms with van der Waals surface area (Å²) in [5, 5.41) is 8.71. The molecule has 8 heteroatoms. The van der Waals surface area contributed by atoms with Crippen molar-refractivity contribution in [3.63, 3.8) is 0 Å². The molecule has 3 rings (SSSR count). The third kappa shape index (κ3) is 6.26. The van der Waals surface area contributed by atoms with E-state index in [9.17, 15) is 18.0 Å². The number of aryl methyl sites for hydroxylation is 3. The molecule has 32 heavy (non-hydrogen) atoms. The van der Waals surface area contributed by atoms with Gasteiger partial charge in [-0.15, -0.1) is 11.8 Å². The molecule has 168 valence electrons. The smallest absolute Gasteiger partial charge is 0.416 e. The van der Waals surface area contributed by atoms with Crippen LogP contribution in [0.25, 0.3) is 11.3 Å². The number of carboxylic acid groups (broad SMARTS) is 1. The Labute approximate surface area is 188 Å². The second-order valence-electron chi connectivity index (χ2n) is 7.22. The van der Waals surface area contributed by atoms with Crippen LogP contribution in [0, 0.1) is 13.8 Å². The summed E-state index contributed by atoms with van der Waals surface area (Å²) >= 11 is 1.67. The first-order chi connectivity index (χ1) is 15.1. The van der Waals surface area contributed by atoms with Crippen molar-refractivity contribution in [3.8, 4) is 17.0 Å². The Kier molecular flexibility index (Phi) is 7.45. The summed E-state index contributed by atoms with van der Waals surface area (Å²) in [6.45, 7) is 3.39. The number of hydrogen-bond donors (Lipinski definition) is 1. The van der Waals surface area contributed by atoms with E-state index in [1.54, 1.807) is 17.8 Å². The quantitative estimate of drug-likeness (QED) is 0.406. The molecule has 2 aromatic carbocycles. The van der Waals surface area contributed by atoms with Crippen LogP contribution in [-0.4, -0.2) is 28.4 Å². The van der Waals surface area contributed by atoms with E-state index in [4.69, 9.17) is 9.84 Å². The first-order valence-electron chi connectivity index (χ1n) is 9.85. The highest BCUT2D eigenvalue weighted by Gasteiger charge is 2.30. The lowest BCUT2D eigenvalue weighted by Gasteiger charge is -2.11. The number of pyridine rings is 1. The van der Waals surface area contributed by atoms with Gasteiger partial charge in [0.1, 0.15) is 5.75 Å². The van der Waals surface area contributed by atoms with Crippen molar-refractivity contribution < 1.29 is 27.8 Å². The van der Waals surface area contributed by atoms with Gasteiger partial charge in [-0.25, -0.2) is 4.79 Å². The molecule has 0 unspecified atom stereocenters. The number of nitrogens with zero attached hydrogens (tertiary/aromatic N) is 1. The minimum atomic E-state index is -4.35. The predicted octanol–water partition coefficient (Wildman–Crippen LogP) is 6.18. The van der Waals surface area contributed by atoms with Crippen LogP contribution < -0.4 is 4.74 Å². The van der Waals surface area contributed by atoms with E-state index in [1.807, 2.05) is 38.1 Å². The summed E-state index contributed by atoms with van der Waals surface area (Å²) in [6, 6.07) is 14.4. The standard InChI is InChI=1S/C24H22F3NO3S/c1-15-13-20(8-10-22(15)31-14-23(29)30)32-12-11-17-5-9-21(28-16(17)2)18-3-6-19(7-4-18)24(25,26)27/h3-10,13H,11-12,14H2,1-2H3,(H,29,30). The van der Waals surface area contributed by atoms with Gasteiger partial charge in [0, 0.05) is 21.9 Å². The molecule has 0 aliphatic heterocycles. The molecular formula is C24H22F3NO3S. The normalized spacial score (nSPS) is 11.4. The van der Waals surface area contributed by atoms with Gasteiger partial charge in [-0.1, -0.05) is 18.2 Å². The second kappa shape index (κ2) is 10.1. The van der Waals surface area contributed by atoms with Crippen molar-refractivity contribution in [2.75, 3.05) is 12.4 Å². The first kappa shape index (κ1) is 23.7. The number of ether oxygens (including phenoxy) is 1. The Bertz CT molecular complexity index is 1100. The van der Waals surface area contributed by atoms with Crippen LogP contribution >= 0.6 is 11.8 Å². The lowest BCUT2D eigenvalue weighted by atomic mass is 10.1. The third-order valence-electron chi connectivity index (χ3n) is 4.84. The first-order valence-corrected chi connectivity index (χ1v) is 10.8. The summed E-state index contributed by atoms with van der Waals surface area (Å²) < 4.78 is 43.5. The van der Waals surface area contributed by atoms with E-state index in [0.29, 0.717) is 17.0 Å². The van der Waals surface area contributed by atoms with Crippen molar-refractivity contribution in [2.45, 2.75) is 31.3 Å². The number of halogens is 3. The molecule has 1 N–H and O–H groups in total. The van der Waals surface area contributed by atoms with E-state index in [0.717, 1.165) is 46.0 Å². The van der Waals surface area contributed by atoms with Gasteiger partial charge in [0.15, 0.2) is 6.61 Å². The Morgan fingerprint density at radius 2 is 1.78 bits per heavy atom. The highest BCUT2D eigenvalue weighted by molar-refractivity contribution is 7.99. The molecule has 0 fully saturated rings. The fourth-order valence-electron chi connectivity index (χ4n) is 3.14. The molecule has 0 amide bonds. The number of hydrogen-bond acceptors (Lipinski definition) is 4. The monoisotopic (exact) mass is 461 g/mol. The highest BCUT2D eigenvalue weighted by Crippen LogP contribution is 2.31. The number of aliphatic carboxylic acids is 1. The van der Waals surface area contributed by atoms with Crippen molar-refractivity contribution in [2.24, 2.45) is 0 Å². The van der Waals surface area contributed by atoms with Crippen LogP contribution in [0.15, 0.2) is 59.5 Å². The molecule has 1 heterocycles. The zero-order valence-electron chi connectivity index (χ0n) is 17.6. The number of carbonyl (C=O) groups is 1. The van der Waals surface area contributed by atoms with Crippen LogP contribution in [0.4, 0.5) is 13.2 Å². The van der Waals surface area contributed by atoms with Gasteiger partial charge >= 0.3 is 12.1 Å². The molecule has 0 bridgehead atoms. The van der Waals surface area contributed by atoms with Gasteiger partial charge in [-0.3, -0.25) is 4.98 Å². The Balaban J connectivity index is 1.59. The maximum atomic E-state index is 12.7. The van der Waals surface area contributed by atoms with Crippen LogP contribution in [-0.2, 0) is 17.4 Å². The van der Waals surface area contributed by atoms with Gasteiger partial charge in [-0.05, 0) is 67.8 Å². The number of rotatable bonds is 8. The fourth-order valence-corrected chi connectivity index (χ4v) is 4.12. The van der Waals surface area contributed by atoms with E-state index in [1.165, 1.54) is 12.1 Å². The van der Waals surface area contributed by atoms with Gasteiger partial charge in [-0.2, -0.15) is 13.2 Å². The average molecular weight is 462 g/mol. The molecular weight excluding hydrogens is 439 g/mol. The van der Waals surface area contributed by atoms with Crippen LogP contribution in [0.3, 0.4) is 0 Å². The maximum Gasteiger partial charge on any atom is 0.416 e. The Morgan fingerprint density at radius 1 is 1.06 bits per heavy atom. The lowest BCUT2D eigenvalue weighted by molar-refractivity contribution is -0.139. The number of carboxylic acids is 1. The van der Waals surface area contributed by atoms with Gasteiger partial charge in [0.2, 0.25) is 0 Å². The zero-order chi connectivity index (χ0) is 23.3. The topological polar surface area (TPSA) is 59.4 Å². The van der Waals surface area contributed by atoms with E-state index in [2.05, 4.69) is 4.98 Å². The number of aromatic nitrogens is 1. The average Bonchev–Trinajstić information content (AvgIpc) is 2.73. The molecule has 3 aromatic rings. The molecule has 0 aliphatic rings. The third-order valence-corrected chi connectivity index (χ3v) is 5.84. The fraction of sp³-hybridized carbons (Fsp3) is 0.250. The number of alkyl halides is 3. The van der Waals surface area contributed by atoms with E-state index < -0.39 is 17.7 Å². The molecule has 0 saturated carbocycles. The summed E-state index contributed by atoms with van der Waals surface area (Å²) in [5.41, 5.74) is 3.39. The van der Waals surface area contributed by atoms with Gasteiger partial charge in [0.05, 0.1) is 11.3 Å². The van der Waals surface area contributed by atoms with Gasteiger partial charge in [0.25, 0.3) is 0 Å². The van der Waals surface area contributed by atoms with Gasteiger partial charge < -0.3 is 9.84 Å². The minimum Gasteiger partial charge on any atom is -0.482 e. The van der Waals surface area contributed by atoms with Crippen LogP contribution in [0.2, 0.25) is 0 Å². The number of benzene rings is 2. The highest BCUT2D eigenvalue weighted by atomic mass is 32.2. The van der Waals surface area contributed by atoms with Crippen LogP contribution in [0.5, 0.6) is 5.75 Å². The summed E-state index contributed by atoms with van der Waals surface area (Å²) in [6.07, 6.45) is -3.57. The molecule has 0 atom stereocenters. The Hall–Kier alpha value is -3.00. The van der Waals surface area contributed by atoms with Crippen molar-refractivity contribution >= 4 is 17.7 Å². The molecule has 1 aromatic heterocycles. The largest absolute Gasteiger partial charge is 0.482 e. The SMILES string of the molecule is Cc1cc(SCCc2ccc(-c3ccc(C(F)(F)F)cc3)nc2C)ccc1OCC(=O)O. The zero-order valence-corrected chi connectivity index (χ0v) is 18.4. The second-order valence-corrected chi connectivity index (χ2v) is 8.39. The molecule has 0 saturated heterocycles. The van der Waals surface area contributed by atoms with Crippen molar-refractivity contribution in [1.29, 1.82) is 0 Å². The summed E-state index contributed by atoms with van der Waals surface area (Å²) in [5.74, 6) is 0.350. The minimum absolute atomic E-state index is 0.373. The molecule has 0 spiro atoms. The van der Waals surface area contributed by atoms with Crippen molar-refractivity contribution in [3.05, 3.63) is 77.0 Å². The molecule has 0 aliphatic carbocycles.